The predicted octanol–water partition coefficient (Wildman–Crippen LogP) is 5.17. The van der Waals surface area contributed by atoms with Crippen LogP contribution in [0.1, 0.15) is 46.2 Å². The van der Waals surface area contributed by atoms with Gasteiger partial charge in [0.1, 0.15) is 12.4 Å². The summed E-state index contributed by atoms with van der Waals surface area (Å²) in [5, 5.41) is 13.1. The number of nitrogens with two attached hydrogens (primary N) is 1. The Labute approximate surface area is 207 Å². The lowest BCUT2D eigenvalue weighted by atomic mass is 9.78. The van der Waals surface area contributed by atoms with E-state index >= 15 is 0 Å². The summed E-state index contributed by atoms with van der Waals surface area (Å²) < 4.78 is 5.94. The van der Waals surface area contributed by atoms with Gasteiger partial charge in [-0.15, -0.1) is 0 Å². The Morgan fingerprint density at radius 1 is 1.17 bits per heavy atom. The third-order valence-corrected chi connectivity index (χ3v) is 7.21. The average Bonchev–Trinajstić information content (AvgIpc) is 3.05. The predicted molar refractivity (Wildman–Crippen MR) is 141 cm³/mol. The van der Waals surface area contributed by atoms with Gasteiger partial charge >= 0.3 is 5.97 Å². The van der Waals surface area contributed by atoms with Crippen LogP contribution in [0, 0.1) is 19.8 Å². The van der Waals surface area contributed by atoms with Crippen molar-refractivity contribution in [1.29, 1.82) is 0 Å². The number of hydrogen-bond donors (Lipinski definition) is 3. The Balaban J connectivity index is 1.70. The first-order valence-electron chi connectivity index (χ1n) is 12.1. The molecule has 6 nitrogen and oxygen atoms in total. The van der Waals surface area contributed by atoms with Gasteiger partial charge in [0, 0.05) is 38.2 Å². The number of carboxylic acids is 1. The quantitative estimate of drug-likeness (QED) is 0.410. The number of nitrogens with one attached hydrogen (secondary N) is 1. The lowest BCUT2D eigenvalue weighted by Gasteiger charge is -2.27. The first-order valence-corrected chi connectivity index (χ1v) is 12.1. The van der Waals surface area contributed by atoms with Gasteiger partial charge in [0.2, 0.25) is 0 Å². The molecule has 2 atom stereocenters. The molecule has 4 rings (SSSR count). The fraction of sp³-hybridized carbons (Fsp3) is 0.345. The molecule has 0 saturated carbocycles. The van der Waals surface area contributed by atoms with Crippen molar-refractivity contribution in [2.75, 3.05) is 31.2 Å². The van der Waals surface area contributed by atoms with Gasteiger partial charge in [-0.25, -0.2) is 0 Å². The molecule has 1 aliphatic heterocycles. The zero-order valence-electron chi connectivity index (χ0n) is 21.0. The van der Waals surface area contributed by atoms with E-state index in [1.165, 1.54) is 16.7 Å². The Kier molecular flexibility index (Phi) is 7.31. The highest BCUT2D eigenvalue weighted by molar-refractivity contribution is 5.75. The number of fused-ring (bicyclic) bond motifs is 1. The Bertz CT molecular complexity index is 1220. The van der Waals surface area contributed by atoms with E-state index in [0.717, 1.165) is 47.8 Å². The van der Waals surface area contributed by atoms with Gasteiger partial charge in [-0.05, 0) is 53.8 Å². The van der Waals surface area contributed by atoms with Gasteiger partial charge in [-0.2, -0.15) is 0 Å². The highest BCUT2D eigenvalue weighted by Gasteiger charge is 2.29. The van der Waals surface area contributed by atoms with E-state index in [-0.39, 0.29) is 5.92 Å². The number of hydrogen-bond acceptors (Lipinski definition) is 5. The van der Waals surface area contributed by atoms with Gasteiger partial charge in [0.15, 0.2) is 0 Å². The Hall–Kier alpha value is -3.51. The maximum Gasteiger partial charge on any atom is 0.307 e. The van der Waals surface area contributed by atoms with Crippen molar-refractivity contribution in [1.82, 2.24) is 4.90 Å². The summed E-state index contributed by atoms with van der Waals surface area (Å²) in [6.07, 6.45) is 0. The molecule has 0 aliphatic carbocycles. The van der Waals surface area contributed by atoms with E-state index in [1.807, 2.05) is 44.3 Å². The fourth-order valence-corrected chi connectivity index (χ4v) is 4.99. The number of rotatable bonds is 7. The van der Waals surface area contributed by atoms with E-state index in [9.17, 15) is 9.90 Å². The molecule has 0 fully saturated rings. The molecule has 6 heteroatoms. The second kappa shape index (κ2) is 10.4. The zero-order chi connectivity index (χ0) is 25.1. The molecule has 2 unspecified atom stereocenters. The van der Waals surface area contributed by atoms with Crippen LogP contribution in [-0.4, -0.2) is 36.2 Å². The molecule has 35 heavy (non-hydrogen) atoms. The van der Waals surface area contributed by atoms with Crippen LogP contribution < -0.4 is 15.8 Å². The molecule has 184 valence electrons. The summed E-state index contributed by atoms with van der Waals surface area (Å²) in [6, 6.07) is 18.5. The number of carboxylic acid groups (broad SMARTS) is 1. The number of ether oxygens (including phenoxy) is 1. The minimum atomic E-state index is -0.825. The van der Waals surface area contributed by atoms with E-state index in [4.69, 9.17) is 10.5 Å². The number of aryl methyl sites for hydroxylation is 1. The standard InChI is InChI=1S/C29H35N3O3/c1-18-9-10-21(15-23(18)17-32-13-14-35-26-8-6-5-7-22(26)16-32)27(20(3)29(33)34)24-11-12-25(31-4)28(30)19(24)2/h5-12,15,20,27,31H,13-14,16-17,30H2,1-4H3,(H,33,34). The first kappa shape index (κ1) is 24.6. The number of aliphatic carboxylic acids is 1. The summed E-state index contributed by atoms with van der Waals surface area (Å²) in [5.74, 6) is -0.793. The molecular formula is C29H35N3O3. The smallest absolute Gasteiger partial charge is 0.307 e. The molecule has 3 aromatic rings. The van der Waals surface area contributed by atoms with E-state index in [2.05, 4.69) is 41.4 Å². The Morgan fingerprint density at radius 3 is 2.69 bits per heavy atom. The second-order valence-electron chi connectivity index (χ2n) is 9.45. The van der Waals surface area contributed by atoms with Gasteiger partial charge in [-0.3, -0.25) is 9.69 Å². The van der Waals surface area contributed by atoms with Crippen LogP contribution in [0.15, 0.2) is 54.6 Å². The van der Waals surface area contributed by atoms with Crippen molar-refractivity contribution in [2.24, 2.45) is 5.92 Å². The number of benzene rings is 3. The first-order chi connectivity index (χ1) is 16.8. The van der Waals surface area contributed by atoms with Crippen molar-refractivity contribution >= 4 is 17.3 Å². The maximum atomic E-state index is 12.2. The van der Waals surface area contributed by atoms with Gasteiger partial charge < -0.3 is 20.9 Å². The highest BCUT2D eigenvalue weighted by Crippen LogP contribution is 2.39. The molecular weight excluding hydrogens is 438 g/mol. The molecule has 1 aliphatic rings. The molecule has 4 N–H and O–H groups in total. The van der Waals surface area contributed by atoms with Crippen LogP contribution in [-0.2, 0) is 17.9 Å². The molecule has 0 radical (unpaired) electrons. The minimum Gasteiger partial charge on any atom is -0.492 e. The highest BCUT2D eigenvalue weighted by atomic mass is 16.5. The number of carbonyl (C=O) groups is 1. The summed E-state index contributed by atoms with van der Waals surface area (Å²) >= 11 is 0. The van der Waals surface area contributed by atoms with Crippen LogP contribution >= 0.6 is 0 Å². The molecule has 0 amide bonds. The third-order valence-electron chi connectivity index (χ3n) is 7.21. The lowest BCUT2D eigenvalue weighted by Crippen LogP contribution is -2.26. The monoisotopic (exact) mass is 473 g/mol. The van der Waals surface area contributed by atoms with Crippen LogP contribution in [0.5, 0.6) is 5.75 Å². The van der Waals surface area contributed by atoms with Gasteiger partial charge in [0.05, 0.1) is 17.3 Å². The molecule has 0 bridgehead atoms. The Morgan fingerprint density at radius 2 is 1.94 bits per heavy atom. The molecule has 0 aromatic heterocycles. The number of nitrogens with zero attached hydrogens (tertiary/aromatic N) is 1. The average molecular weight is 474 g/mol. The summed E-state index contributed by atoms with van der Waals surface area (Å²) in [4.78, 5) is 14.6. The summed E-state index contributed by atoms with van der Waals surface area (Å²) in [7, 11) is 1.83. The summed E-state index contributed by atoms with van der Waals surface area (Å²) in [6.45, 7) is 8.91. The normalized spacial score (nSPS) is 15.4. The van der Waals surface area contributed by atoms with Gasteiger partial charge in [-0.1, -0.05) is 49.4 Å². The molecule has 0 saturated heterocycles. The maximum absolute atomic E-state index is 12.2. The van der Waals surface area contributed by atoms with Gasteiger partial charge in [0.25, 0.3) is 0 Å². The van der Waals surface area contributed by atoms with E-state index < -0.39 is 11.9 Å². The van der Waals surface area contributed by atoms with E-state index in [0.29, 0.717) is 12.3 Å². The minimum absolute atomic E-state index is 0.312. The topological polar surface area (TPSA) is 87.8 Å². The number of nitrogen functional groups attached to an aromatic ring is 1. The summed E-state index contributed by atoms with van der Waals surface area (Å²) in [5.41, 5.74) is 14.3. The van der Waals surface area contributed by atoms with Crippen LogP contribution in [0.3, 0.4) is 0 Å². The van der Waals surface area contributed by atoms with Crippen molar-refractivity contribution in [3.8, 4) is 5.75 Å². The van der Waals surface area contributed by atoms with Crippen LogP contribution in [0.4, 0.5) is 11.4 Å². The molecule has 1 heterocycles. The fourth-order valence-electron chi connectivity index (χ4n) is 4.99. The van der Waals surface area contributed by atoms with Crippen LogP contribution in [0.2, 0.25) is 0 Å². The molecule has 3 aromatic carbocycles. The van der Waals surface area contributed by atoms with Crippen molar-refractivity contribution in [2.45, 2.75) is 39.8 Å². The SMILES string of the molecule is CNc1ccc(C(c2ccc(C)c(CN3CCOc4ccccc4C3)c2)C(C)C(=O)O)c(C)c1N. The lowest BCUT2D eigenvalue weighted by molar-refractivity contribution is -0.141. The van der Waals surface area contributed by atoms with Crippen molar-refractivity contribution in [3.63, 3.8) is 0 Å². The van der Waals surface area contributed by atoms with E-state index in [1.54, 1.807) is 6.92 Å². The molecule has 0 spiro atoms. The van der Waals surface area contributed by atoms with Crippen molar-refractivity contribution < 1.29 is 14.6 Å². The van der Waals surface area contributed by atoms with Crippen LogP contribution in [0.25, 0.3) is 0 Å². The second-order valence-corrected chi connectivity index (χ2v) is 9.45. The van der Waals surface area contributed by atoms with Crippen molar-refractivity contribution in [3.05, 3.63) is 88.0 Å². The number of anilines is 2. The largest absolute Gasteiger partial charge is 0.492 e. The zero-order valence-corrected chi connectivity index (χ0v) is 21.0. The third kappa shape index (κ3) is 5.13. The number of para-hydroxylation sites is 1.